The molecule has 2 heterocycles. The number of ether oxygens (including phenoxy) is 1. The van der Waals surface area contributed by atoms with Crippen LogP contribution in [0.1, 0.15) is 30.7 Å². The minimum Gasteiger partial charge on any atom is -0.469 e. The molecular weight excluding hydrogens is 245 g/mol. The van der Waals surface area contributed by atoms with Crippen LogP contribution in [0.4, 0.5) is 4.39 Å². The van der Waals surface area contributed by atoms with Gasteiger partial charge in [-0.25, -0.2) is 4.39 Å². The molecule has 2 saturated heterocycles. The molecule has 0 unspecified atom stereocenters. The Hall–Kier alpha value is -1.42. The summed E-state index contributed by atoms with van der Waals surface area (Å²) in [5.74, 6) is -0.427. The van der Waals surface area contributed by atoms with Gasteiger partial charge in [0.2, 0.25) is 0 Å². The summed E-state index contributed by atoms with van der Waals surface area (Å²) in [6.07, 6.45) is 3.04. The zero-order valence-corrected chi connectivity index (χ0v) is 10.9. The molecule has 3 rings (SSSR count). The first-order valence-electron chi connectivity index (χ1n) is 6.78. The summed E-state index contributed by atoms with van der Waals surface area (Å²) in [5.41, 5.74) is 1.04. The van der Waals surface area contributed by atoms with Crippen LogP contribution < -0.4 is 5.32 Å². The summed E-state index contributed by atoms with van der Waals surface area (Å²) in [7, 11) is 1.44. The number of halogens is 1. The Kier molecular flexibility index (Phi) is 3.27. The van der Waals surface area contributed by atoms with Crippen LogP contribution in [0, 0.1) is 11.7 Å². The minimum atomic E-state index is -0.240. The fourth-order valence-electron chi connectivity index (χ4n) is 3.57. The van der Waals surface area contributed by atoms with Gasteiger partial charge in [-0.2, -0.15) is 0 Å². The van der Waals surface area contributed by atoms with E-state index in [1.807, 2.05) is 0 Å². The van der Waals surface area contributed by atoms with Crippen LogP contribution in [0.25, 0.3) is 0 Å². The number of carbonyl (C=O) groups is 1. The van der Waals surface area contributed by atoms with Crippen molar-refractivity contribution >= 4 is 5.97 Å². The highest BCUT2D eigenvalue weighted by molar-refractivity contribution is 5.75. The summed E-state index contributed by atoms with van der Waals surface area (Å²) in [4.78, 5) is 12.1. The molecule has 1 aromatic rings. The number of carbonyl (C=O) groups excluding carboxylic acids is 1. The molecule has 2 bridgehead atoms. The molecule has 4 atom stereocenters. The van der Waals surface area contributed by atoms with Crippen LogP contribution >= 0.6 is 0 Å². The first kappa shape index (κ1) is 12.6. The molecule has 2 aliphatic heterocycles. The number of rotatable bonds is 2. The second-order valence-corrected chi connectivity index (χ2v) is 5.49. The van der Waals surface area contributed by atoms with E-state index in [0.29, 0.717) is 6.04 Å². The standard InChI is InChI=1S/C15H18FNO2/c1-19-15(18)14-12(8-11-6-7-13(14)17-11)9-2-4-10(16)5-3-9/h2-5,11-14,17H,6-8H2,1H3/t11-,12+,13+,14-/m0/s1. The van der Waals surface area contributed by atoms with E-state index in [1.54, 1.807) is 12.1 Å². The molecule has 0 spiro atoms. The molecule has 1 N–H and O–H groups in total. The van der Waals surface area contributed by atoms with Crippen molar-refractivity contribution in [2.75, 3.05) is 7.11 Å². The van der Waals surface area contributed by atoms with E-state index in [1.165, 1.54) is 19.2 Å². The van der Waals surface area contributed by atoms with Crippen molar-refractivity contribution in [3.05, 3.63) is 35.6 Å². The smallest absolute Gasteiger partial charge is 0.310 e. The summed E-state index contributed by atoms with van der Waals surface area (Å²) in [6, 6.07) is 7.19. The molecule has 0 aromatic heterocycles. The minimum absolute atomic E-state index is 0.131. The Balaban J connectivity index is 1.92. The van der Waals surface area contributed by atoms with E-state index in [2.05, 4.69) is 5.32 Å². The van der Waals surface area contributed by atoms with Crippen LogP contribution in [0.2, 0.25) is 0 Å². The van der Waals surface area contributed by atoms with Gasteiger partial charge in [-0.05, 0) is 37.0 Å². The van der Waals surface area contributed by atoms with Crippen molar-refractivity contribution in [1.29, 1.82) is 0 Å². The molecule has 3 nitrogen and oxygen atoms in total. The molecular formula is C15H18FNO2. The highest BCUT2D eigenvalue weighted by Crippen LogP contribution is 2.42. The topological polar surface area (TPSA) is 38.3 Å². The zero-order chi connectivity index (χ0) is 13.4. The summed E-state index contributed by atoms with van der Waals surface area (Å²) in [5, 5.41) is 3.49. The van der Waals surface area contributed by atoms with E-state index >= 15 is 0 Å². The maximum atomic E-state index is 13.0. The number of benzene rings is 1. The van der Waals surface area contributed by atoms with Crippen molar-refractivity contribution < 1.29 is 13.9 Å². The fourth-order valence-corrected chi connectivity index (χ4v) is 3.57. The highest BCUT2D eigenvalue weighted by Gasteiger charge is 2.46. The van der Waals surface area contributed by atoms with Crippen LogP contribution in [0.15, 0.2) is 24.3 Å². The van der Waals surface area contributed by atoms with Gasteiger partial charge in [0.1, 0.15) is 5.82 Å². The molecule has 102 valence electrons. The van der Waals surface area contributed by atoms with Crippen LogP contribution in [-0.4, -0.2) is 25.2 Å². The molecule has 4 heteroatoms. The molecule has 1 aromatic carbocycles. The Bertz CT molecular complexity index is 474. The lowest BCUT2D eigenvalue weighted by Gasteiger charge is -2.36. The van der Waals surface area contributed by atoms with Gasteiger partial charge in [0.25, 0.3) is 0 Å². The van der Waals surface area contributed by atoms with Gasteiger partial charge in [0.15, 0.2) is 0 Å². The van der Waals surface area contributed by atoms with Gasteiger partial charge in [-0.15, -0.1) is 0 Å². The van der Waals surface area contributed by atoms with Crippen LogP contribution in [0.5, 0.6) is 0 Å². The average Bonchev–Trinajstić information content (AvgIpc) is 2.80. The van der Waals surface area contributed by atoms with Gasteiger partial charge < -0.3 is 10.1 Å². The zero-order valence-electron chi connectivity index (χ0n) is 10.9. The number of hydrogen-bond acceptors (Lipinski definition) is 3. The van der Waals surface area contributed by atoms with E-state index < -0.39 is 0 Å². The maximum absolute atomic E-state index is 13.0. The van der Waals surface area contributed by atoms with Gasteiger partial charge >= 0.3 is 5.97 Å². The lowest BCUT2D eigenvalue weighted by atomic mass is 9.77. The number of methoxy groups -OCH3 is 1. The largest absolute Gasteiger partial charge is 0.469 e. The third-order valence-corrected chi connectivity index (χ3v) is 4.45. The van der Waals surface area contributed by atoms with E-state index in [9.17, 15) is 9.18 Å². The van der Waals surface area contributed by atoms with E-state index in [0.717, 1.165) is 24.8 Å². The van der Waals surface area contributed by atoms with Crippen molar-refractivity contribution in [3.63, 3.8) is 0 Å². The summed E-state index contributed by atoms with van der Waals surface area (Å²) in [6.45, 7) is 0. The van der Waals surface area contributed by atoms with E-state index in [4.69, 9.17) is 4.74 Å². The maximum Gasteiger partial charge on any atom is 0.310 e. The second kappa shape index (κ2) is 4.93. The summed E-state index contributed by atoms with van der Waals surface area (Å²) >= 11 is 0. The van der Waals surface area contributed by atoms with E-state index in [-0.39, 0.29) is 29.7 Å². The van der Waals surface area contributed by atoms with Crippen molar-refractivity contribution in [1.82, 2.24) is 5.32 Å². The molecule has 19 heavy (non-hydrogen) atoms. The Morgan fingerprint density at radius 2 is 2.05 bits per heavy atom. The molecule has 2 fully saturated rings. The predicted octanol–water partition coefficient (Wildman–Crippen LogP) is 2.22. The third kappa shape index (κ3) is 2.25. The molecule has 2 aliphatic rings. The molecule has 0 aliphatic carbocycles. The van der Waals surface area contributed by atoms with Gasteiger partial charge in [-0.3, -0.25) is 4.79 Å². The highest BCUT2D eigenvalue weighted by atomic mass is 19.1. The second-order valence-electron chi connectivity index (χ2n) is 5.49. The third-order valence-electron chi connectivity index (χ3n) is 4.45. The predicted molar refractivity (Wildman–Crippen MR) is 69.2 cm³/mol. The number of nitrogens with one attached hydrogen (secondary N) is 1. The normalized spacial score (nSPS) is 33.2. The monoisotopic (exact) mass is 263 g/mol. The number of piperidine rings is 1. The number of fused-ring (bicyclic) bond motifs is 2. The van der Waals surface area contributed by atoms with Crippen LogP contribution in [-0.2, 0) is 9.53 Å². The SMILES string of the molecule is COC(=O)[C@H]1[C@@H](c2ccc(F)cc2)C[C@@H]2CC[C@H]1N2. The first-order chi connectivity index (χ1) is 9.19. The Morgan fingerprint density at radius 3 is 2.74 bits per heavy atom. The number of esters is 1. The quantitative estimate of drug-likeness (QED) is 0.831. The first-order valence-corrected chi connectivity index (χ1v) is 6.78. The molecule has 0 radical (unpaired) electrons. The molecule has 0 saturated carbocycles. The van der Waals surface area contributed by atoms with Gasteiger partial charge in [0, 0.05) is 18.0 Å². The lowest BCUT2D eigenvalue weighted by Crippen LogP contribution is -2.48. The van der Waals surface area contributed by atoms with Crippen molar-refractivity contribution in [2.24, 2.45) is 5.92 Å². The Labute approximate surface area is 112 Å². The van der Waals surface area contributed by atoms with Gasteiger partial charge in [-0.1, -0.05) is 12.1 Å². The van der Waals surface area contributed by atoms with Crippen molar-refractivity contribution in [3.8, 4) is 0 Å². The van der Waals surface area contributed by atoms with Gasteiger partial charge in [0.05, 0.1) is 13.0 Å². The van der Waals surface area contributed by atoms with Crippen LogP contribution in [0.3, 0.4) is 0 Å². The fraction of sp³-hybridized carbons (Fsp3) is 0.533. The van der Waals surface area contributed by atoms with Crippen molar-refractivity contribution in [2.45, 2.75) is 37.3 Å². The Morgan fingerprint density at radius 1 is 1.32 bits per heavy atom. The number of hydrogen-bond donors (Lipinski definition) is 1. The molecule has 0 amide bonds. The summed E-state index contributed by atoms with van der Waals surface area (Å²) < 4.78 is 18.0. The average molecular weight is 263 g/mol. The lowest BCUT2D eigenvalue weighted by molar-refractivity contribution is -0.148.